The number of rotatable bonds is 4. The molecule has 1 heterocycles. The molecule has 1 aromatic heterocycles. The summed E-state index contributed by atoms with van der Waals surface area (Å²) in [7, 11) is 0. The van der Waals surface area contributed by atoms with Crippen molar-refractivity contribution in [2.45, 2.75) is 24.9 Å². The van der Waals surface area contributed by atoms with Crippen LogP contribution in [0.4, 0.5) is 11.5 Å². The normalized spacial score (nSPS) is 17.3. The maximum atomic E-state index is 10.8. The summed E-state index contributed by atoms with van der Waals surface area (Å²) in [4.78, 5) is 14.1. The van der Waals surface area contributed by atoms with E-state index in [2.05, 4.69) is 10.3 Å². The molecule has 0 radical (unpaired) electrons. The largest absolute Gasteiger partial charge is 0.388 e. The van der Waals surface area contributed by atoms with Crippen molar-refractivity contribution in [2.75, 3.05) is 11.9 Å². The van der Waals surface area contributed by atoms with Gasteiger partial charge in [-0.25, -0.2) is 4.98 Å². The number of nitrogens with zero attached hydrogens (tertiary/aromatic N) is 2. The van der Waals surface area contributed by atoms with Crippen LogP contribution >= 0.6 is 11.6 Å². The predicted molar refractivity (Wildman–Crippen MR) is 63.2 cm³/mol. The van der Waals surface area contributed by atoms with Gasteiger partial charge in [0.05, 0.1) is 10.5 Å². The van der Waals surface area contributed by atoms with Crippen molar-refractivity contribution in [1.29, 1.82) is 0 Å². The molecule has 0 aliphatic heterocycles. The number of nitrogens with one attached hydrogen (secondary N) is 1. The molecule has 0 amide bonds. The number of anilines is 1. The Morgan fingerprint density at radius 3 is 2.82 bits per heavy atom. The van der Waals surface area contributed by atoms with E-state index in [1.165, 1.54) is 12.1 Å². The quantitative estimate of drug-likeness (QED) is 0.489. The fourth-order valence-corrected chi connectivity index (χ4v) is 1.86. The standard InChI is InChI=1S/C10H12ClN3O3/c11-8-3-2-7(14(16)17)9(13-8)12-6-10(15)4-1-5-10/h2-3,15H,1,4-6H2,(H,12,13). The van der Waals surface area contributed by atoms with Gasteiger partial charge in [-0.15, -0.1) is 0 Å². The highest BCUT2D eigenvalue weighted by molar-refractivity contribution is 6.29. The molecular formula is C10H12ClN3O3. The van der Waals surface area contributed by atoms with Crippen LogP contribution in [0.5, 0.6) is 0 Å². The van der Waals surface area contributed by atoms with Gasteiger partial charge in [-0.05, 0) is 25.3 Å². The molecule has 2 rings (SSSR count). The zero-order valence-electron chi connectivity index (χ0n) is 9.02. The van der Waals surface area contributed by atoms with Crippen LogP contribution in [0.2, 0.25) is 5.15 Å². The number of hydrogen-bond acceptors (Lipinski definition) is 5. The van der Waals surface area contributed by atoms with E-state index in [-0.39, 0.29) is 23.2 Å². The van der Waals surface area contributed by atoms with Gasteiger partial charge in [-0.3, -0.25) is 10.1 Å². The Balaban J connectivity index is 2.13. The lowest BCUT2D eigenvalue weighted by molar-refractivity contribution is -0.384. The van der Waals surface area contributed by atoms with Crippen LogP contribution in [0.3, 0.4) is 0 Å². The summed E-state index contributed by atoms with van der Waals surface area (Å²) in [5.41, 5.74) is -0.907. The van der Waals surface area contributed by atoms with Crippen molar-refractivity contribution in [3.8, 4) is 0 Å². The predicted octanol–water partition coefficient (Wildman–Crippen LogP) is 1.97. The summed E-state index contributed by atoms with van der Waals surface area (Å²) in [5, 5.41) is 23.6. The minimum Gasteiger partial charge on any atom is -0.388 e. The summed E-state index contributed by atoms with van der Waals surface area (Å²) in [6, 6.07) is 2.66. The van der Waals surface area contributed by atoms with Gasteiger partial charge in [-0.1, -0.05) is 11.6 Å². The van der Waals surface area contributed by atoms with Crippen molar-refractivity contribution >= 4 is 23.1 Å². The van der Waals surface area contributed by atoms with Crippen LogP contribution in [-0.4, -0.2) is 27.2 Å². The number of aliphatic hydroxyl groups is 1. The lowest BCUT2D eigenvalue weighted by Crippen LogP contribution is -2.43. The number of halogens is 1. The van der Waals surface area contributed by atoms with Crippen molar-refractivity contribution in [2.24, 2.45) is 0 Å². The Morgan fingerprint density at radius 2 is 2.29 bits per heavy atom. The first-order valence-corrected chi connectivity index (χ1v) is 5.65. The van der Waals surface area contributed by atoms with Gasteiger partial charge in [0.1, 0.15) is 5.15 Å². The molecule has 1 saturated carbocycles. The van der Waals surface area contributed by atoms with E-state index < -0.39 is 10.5 Å². The molecule has 0 atom stereocenters. The smallest absolute Gasteiger partial charge is 0.311 e. The van der Waals surface area contributed by atoms with Gasteiger partial charge in [-0.2, -0.15) is 0 Å². The SMILES string of the molecule is O=[N+]([O-])c1ccc(Cl)nc1NCC1(O)CCC1. The molecule has 0 saturated heterocycles. The van der Waals surface area contributed by atoms with E-state index in [4.69, 9.17) is 11.6 Å². The third-order valence-corrected chi connectivity index (χ3v) is 3.12. The Bertz CT molecular complexity index is 448. The lowest BCUT2D eigenvalue weighted by atomic mass is 9.80. The van der Waals surface area contributed by atoms with E-state index in [0.717, 1.165) is 6.42 Å². The lowest BCUT2D eigenvalue weighted by Gasteiger charge is -2.36. The molecule has 1 aliphatic carbocycles. The average molecular weight is 258 g/mol. The highest BCUT2D eigenvalue weighted by Gasteiger charge is 2.34. The van der Waals surface area contributed by atoms with Crippen molar-refractivity contribution in [1.82, 2.24) is 4.98 Å². The molecule has 1 fully saturated rings. The van der Waals surface area contributed by atoms with Gasteiger partial charge >= 0.3 is 5.69 Å². The van der Waals surface area contributed by atoms with E-state index in [0.29, 0.717) is 12.8 Å². The molecule has 0 spiro atoms. The second kappa shape index (κ2) is 4.46. The van der Waals surface area contributed by atoms with Crippen LogP contribution in [0.1, 0.15) is 19.3 Å². The van der Waals surface area contributed by atoms with Gasteiger partial charge < -0.3 is 10.4 Å². The summed E-state index contributed by atoms with van der Waals surface area (Å²) < 4.78 is 0. The molecule has 1 aromatic rings. The van der Waals surface area contributed by atoms with Crippen molar-refractivity contribution < 1.29 is 10.0 Å². The van der Waals surface area contributed by atoms with E-state index in [1.807, 2.05) is 0 Å². The molecule has 1 aliphatic rings. The van der Waals surface area contributed by atoms with Crippen molar-refractivity contribution in [3.63, 3.8) is 0 Å². The molecule has 17 heavy (non-hydrogen) atoms. The minimum absolute atomic E-state index is 0.0998. The van der Waals surface area contributed by atoms with E-state index >= 15 is 0 Å². The first kappa shape index (κ1) is 12.1. The van der Waals surface area contributed by atoms with Crippen LogP contribution < -0.4 is 5.32 Å². The minimum atomic E-state index is -0.766. The summed E-state index contributed by atoms with van der Waals surface area (Å²) in [5.74, 6) is 0.0998. The number of hydrogen-bond donors (Lipinski definition) is 2. The van der Waals surface area contributed by atoms with Crippen molar-refractivity contribution in [3.05, 3.63) is 27.4 Å². The fourth-order valence-electron chi connectivity index (χ4n) is 1.72. The third-order valence-electron chi connectivity index (χ3n) is 2.91. The highest BCUT2D eigenvalue weighted by Crippen LogP contribution is 2.32. The molecule has 0 aromatic carbocycles. The summed E-state index contributed by atoms with van der Waals surface area (Å²) >= 11 is 5.68. The average Bonchev–Trinajstić information content (AvgIpc) is 2.23. The second-order valence-electron chi connectivity index (χ2n) is 4.19. The summed E-state index contributed by atoms with van der Waals surface area (Å²) in [6.45, 7) is 0.251. The number of pyridine rings is 1. The zero-order chi connectivity index (χ0) is 12.5. The Morgan fingerprint density at radius 1 is 1.59 bits per heavy atom. The monoisotopic (exact) mass is 257 g/mol. The van der Waals surface area contributed by atoms with Crippen LogP contribution in [-0.2, 0) is 0 Å². The van der Waals surface area contributed by atoms with Crippen LogP contribution in [0, 0.1) is 10.1 Å². The Kier molecular flexibility index (Phi) is 3.17. The van der Waals surface area contributed by atoms with E-state index in [1.54, 1.807) is 0 Å². The van der Waals surface area contributed by atoms with Crippen LogP contribution in [0.15, 0.2) is 12.1 Å². The van der Waals surface area contributed by atoms with Gasteiger partial charge in [0, 0.05) is 12.6 Å². The number of nitro groups is 1. The van der Waals surface area contributed by atoms with Crippen LogP contribution in [0.25, 0.3) is 0 Å². The number of aromatic nitrogens is 1. The molecule has 92 valence electrons. The molecule has 0 bridgehead atoms. The van der Waals surface area contributed by atoms with Gasteiger partial charge in [0.25, 0.3) is 0 Å². The highest BCUT2D eigenvalue weighted by atomic mass is 35.5. The molecule has 2 N–H and O–H groups in total. The molecule has 7 heteroatoms. The van der Waals surface area contributed by atoms with Gasteiger partial charge in [0.15, 0.2) is 0 Å². The zero-order valence-corrected chi connectivity index (χ0v) is 9.78. The summed E-state index contributed by atoms with van der Waals surface area (Å²) in [6.07, 6.45) is 2.38. The first-order valence-electron chi connectivity index (χ1n) is 5.27. The topological polar surface area (TPSA) is 88.3 Å². The fraction of sp³-hybridized carbons (Fsp3) is 0.500. The maximum absolute atomic E-state index is 10.8. The van der Waals surface area contributed by atoms with Gasteiger partial charge in [0.2, 0.25) is 5.82 Å². The third kappa shape index (κ3) is 2.65. The molecule has 0 unspecified atom stereocenters. The molecular weight excluding hydrogens is 246 g/mol. The Labute approximate surface area is 103 Å². The second-order valence-corrected chi connectivity index (χ2v) is 4.58. The molecule has 6 nitrogen and oxygen atoms in total. The Hall–Kier alpha value is -1.40. The van der Waals surface area contributed by atoms with E-state index in [9.17, 15) is 15.2 Å². The maximum Gasteiger partial charge on any atom is 0.311 e. The first-order chi connectivity index (χ1) is 8.00.